The van der Waals surface area contributed by atoms with Crippen molar-refractivity contribution in [1.29, 1.82) is 0 Å². The highest BCUT2D eigenvalue weighted by molar-refractivity contribution is 7.18. The zero-order valence-corrected chi connectivity index (χ0v) is 16.9. The van der Waals surface area contributed by atoms with E-state index in [1.807, 2.05) is 0 Å². The molecule has 5 nitrogen and oxygen atoms in total. The number of alkyl halides is 3. The quantitative estimate of drug-likeness (QED) is 0.485. The van der Waals surface area contributed by atoms with Gasteiger partial charge in [0.1, 0.15) is 5.82 Å². The lowest BCUT2D eigenvalue weighted by molar-refractivity contribution is -0.137. The van der Waals surface area contributed by atoms with Crippen molar-refractivity contribution >= 4 is 28.1 Å². The average Bonchev–Trinajstić information content (AvgIpc) is 3.33. The van der Waals surface area contributed by atoms with Gasteiger partial charge >= 0.3 is 6.18 Å². The lowest BCUT2D eigenvalue weighted by atomic mass is 10.0. The number of carbonyl (C=O) groups is 1. The number of nitrogens with two attached hydrogens (primary N) is 1. The van der Waals surface area contributed by atoms with Gasteiger partial charge in [0.05, 0.1) is 16.9 Å². The minimum Gasteiger partial charge on any atom is -0.360 e. The van der Waals surface area contributed by atoms with Crippen LogP contribution in [0.1, 0.15) is 16.7 Å². The number of rotatable bonds is 6. The topological polar surface area (TPSA) is 80.0 Å². The number of aromatic nitrogens is 1. The van der Waals surface area contributed by atoms with Crippen molar-refractivity contribution in [2.75, 3.05) is 17.2 Å². The van der Waals surface area contributed by atoms with Crippen molar-refractivity contribution in [3.05, 3.63) is 65.1 Å². The zero-order valence-electron chi connectivity index (χ0n) is 16.1. The monoisotopic (exact) mass is 450 g/mol. The smallest absolute Gasteiger partial charge is 0.360 e. The molecule has 0 aliphatic carbocycles. The van der Waals surface area contributed by atoms with E-state index in [1.165, 1.54) is 23.5 Å². The minimum absolute atomic E-state index is 0.0116. The number of benzene rings is 2. The number of fused-ring (bicyclic) bond motifs is 1. The molecule has 0 saturated carbocycles. The van der Waals surface area contributed by atoms with Crippen molar-refractivity contribution in [2.45, 2.75) is 25.1 Å². The Kier molecular flexibility index (Phi) is 5.67. The molecule has 1 aliphatic heterocycles. The third-order valence-electron chi connectivity index (χ3n) is 4.92. The van der Waals surface area contributed by atoms with Gasteiger partial charge in [-0.25, -0.2) is 9.37 Å². The lowest BCUT2D eigenvalue weighted by Crippen LogP contribution is -2.31. The number of halogens is 4. The molecule has 0 unspecified atom stereocenters. The van der Waals surface area contributed by atoms with Gasteiger partial charge in [-0.1, -0.05) is 23.5 Å². The summed E-state index contributed by atoms with van der Waals surface area (Å²) in [7, 11) is 0. The second kappa shape index (κ2) is 8.27. The number of amides is 1. The first-order valence-electron chi connectivity index (χ1n) is 9.43. The van der Waals surface area contributed by atoms with Crippen LogP contribution in [0.3, 0.4) is 0 Å². The van der Waals surface area contributed by atoms with E-state index < -0.39 is 17.6 Å². The van der Waals surface area contributed by atoms with Crippen LogP contribution in [0.2, 0.25) is 0 Å². The summed E-state index contributed by atoms with van der Waals surface area (Å²) in [5.41, 5.74) is 7.30. The van der Waals surface area contributed by atoms with Gasteiger partial charge in [-0.2, -0.15) is 13.2 Å². The number of hydrogen-bond donors (Lipinski definition) is 3. The molecule has 0 bridgehead atoms. The molecule has 1 atom stereocenters. The fraction of sp³-hybridized carbons (Fsp3) is 0.238. The molecule has 4 N–H and O–H groups in total. The first-order valence-corrected chi connectivity index (χ1v) is 10.3. The van der Waals surface area contributed by atoms with E-state index in [4.69, 9.17) is 5.73 Å². The second-order valence-electron chi connectivity index (χ2n) is 7.25. The van der Waals surface area contributed by atoms with Gasteiger partial charge < -0.3 is 16.4 Å². The Bertz CT molecular complexity index is 1110. The predicted octanol–water partition coefficient (Wildman–Crippen LogP) is 4.44. The number of nitrogens with one attached hydrogen (secondary N) is 2. The van der Waals surface area contributed by atoms with Gasteiger partial charge in [0.25, 0.3) is 0 Å². The Morgan fingerprint density at radius 2 is 1.94 bits per heavy atom. The Balaban J connectivity index is 1.37. The Morgan fingerprint density at radius 1 is 1.19 bits per heavy atom. The van der Waals surface area contributed by atoms with Crippen LogP contribution in [-0.2, 0) is 23.8 Å². The van der Waals surface area contributed by atoms with Gasteiger partial charge in [-0.3, -0.25) is 4.79 Å². The van der Waals surface area contributed by atoms with Crippen molar-refractivity contribution < 1.29 is 22.4 Å². The third kappa shape index (κ3) is 4.70. The Labute approximate surface area is 179 Å². The van der Waals surface area contributed by atoms with Crippen LogP contribution in [0.15, 0.2) is 42.6 Å². The van der Waals surface area contributed by atoms with Crippen LogP contribution in [0.25, 0.3) is 10.4 Å². The van der Waals surface area contributed by atoms with E-state index >= 15 is 0 Å². The lowest BCUT2D eigenvalue weighted by Gasteiger charge is -2.13. The van der Waals surface area contributed by atoms with E-state index in [2.05, 4.69) is 15.6 Å². The summed E-state index contributed by atoms with van der Waals surface area (Å²) < 4.78 is 52.7. The maximum Gasteiger partial charge on any atom is 0.416 e. The van der Waals surface area contributed by atoms with Crippen molar-refractivity contribution in [1.82, 2.24) is 4.98 Å². The first kappa shape index (κ1) is 21.3. The van der Waals surface area contributed by atoms with Crippen LogP contribution in [0.4, 0.5) is 28.4 Å². The molecule has 1 aliphatic rings. The summed E-state index contributed by atoms with van der Waals surface area (Å²) in [6.45, 7) is 0.346. The van der Waals surface area contributed by atoms with Crippen LogP contribution >= 0.6 is 11.3 Å². The molecule has 2 aromatic carbocycles. The average molecular weight is 450 g/mol. The molecule has 1 aromatic heterocycles. The minimum atomic E-state index is -4.37. The molecule has 162 valence electrons. The summed E-state index contributed by atoms with van der Waals surface area (Å²) in [6, 6.07) is 7.84. The van der Waals surface area contributed by atoms with E-state index in [-0.39, 0.29) is 18.4 Å². The Morgan fingerprint density at radius 3 is 2.65 bits per heavy atom. The highest BCUT2D eigenvalue weighted by atomic mass is 32.1. The molecule has 0 spiro atoms. The fourth-order valence-electron chi connectivity index (χ4n) is 3.36. The standard InChI is InChI=1S/C21H18F4N4OS/c22-19-14(5-6-16-15(19)8-18(30)29-16)17-10-28-20(31-17)27-9-13(26)7-11-1-3-12(4-2-11)21(23,24)25/h1-6,10,13H,7-9,26H2,(H,27,28)(H,29,30)/t13-/m0/s1. The summed E-state index contributed by atoms with van der Waals surface area (Å²) in [5.74, 6) is -0.676. The van der Waals surface area contributed by atoms with Gasteiger partial charge in [0.15, 0.2) is 5.13 Å². The molecule has 31 heavy (non-hydrogen) atoms. The van der Waals surface area contributed by atoms with E-state index in [9.17, 15) is 22.4 Å². The normalized spacial score (nSPS) is 14.3. The van der Waals surface area contributed by atoms with E-state index in [0.717, 1.165) is 12.1 Å². The number of thiazole rings is 1. The van der Waals surface area contributed by atoms with Crippen molar-refractivity contribution in [2.24, 2.45) is 5.73 Å². The molecule has 3 aromatic rings. The maximum atomic E-state index is 14.8. The van der Waals surface area contributed by atoms with Gasteiger partial charge in [-0.15, -0.1) is 0 Å². The number of anilines is 2. The highest BCUT2D eigenvalue weighted by Gasteiger charge is 2.30. The van der Waals surface area contributed by atoms with E-state index in [1.54, 1.807) is 18.3 Å². The SMILES string of the molecule is N[C@H](CNc1ncc(-c2ccc3c(c2F)CC(=O)N3)s1)Cc1ccc(C(F)(F)F)cc1. The predicted molar refractivity (Wildman–Crippen MR) is 111 cm³/mol. The van der Waals surface area contributed by atoms with Crippen LogP contribution in [-0.4, -0.2) is 23.5 Å². The van der Waals surface area contributed by atoms with E-state index in [0.29, 0.717) is 45.4 Å². The van der Waals surface area contributed by atoms with Crippen LogP contribution in [0.5, 0.6) is 0 Å². The summed E-state index contributed by atoms with van der Waals surface area (Å²) >= 11 is 1.25. The molecule has 10 heteroatoms. The van der Waals surface area contributed by atoms with Gasteiger partial charge in [0.2, 0.25) is 5.91 Å². The van der Waals surface area contributed by atoms with Gasteiger partial charge in [0, 0.05) is 35.6 Å². The maximum absolute atomic E-state index is 14.8. The highest BCUT2D eigenvalue weighted by Crippen LogP contribution is 2.36. The molecular formula is C21H18F4N4OS. The van der Waals surface area contributed by atoms with Crippen LogP contribution in [0, 0.1) is 5.82 Å². The zero-order chi connectivity index (χ0) is 22.2. The third-order valence-corrected chi connectivity index (χ3v) is 5.91. The second-order valence-corrected chi connectivity index (χ2v) is 8.28. The first-order chi connectivity index (χ1) is 14.7. The number of nitrogens with zero attached hydrogens (tertiary/aromatic N) is 1. The van der Waals surface area contributed by atoms with Crippen molar-refractivity contribution in [3.8, 4) is 10.4 Å². The summed E-state index contributed by atoms with van der Waals surface area (Å²) in [4.78, 5) is 16.3. The number of hydrogen-bond acceptors (Lipinski definition) is 5. The number of carbonyl (C=O) groups excluding carboxylic acids is 1. The summed E-state index contributed by atoms with van der Waals surface area (Å²) in [5, 5.41) is 6.24. The summed E-state index contributed by atoms with van der Waals surface area (Å²) in [6.07, 6.45) is -2.42. The molecule has 0 radical (unpaired) electrons. The largest absolute Gasteiger partial charge is 0.416 e. The molecular weight excluding hydrogens is 432 g/mol. The molecule has 4 rings (SSSR count). The molecule has 2 heterocycles. The van der Waals surface area contributed by atoms with Crippen molar-refractivity contribution in [3.63, 3.8) is 0 Å². The van der Waals surface area contributed by atoms with Gasteiger partial charge in [-0.05, 0) is 36.2 Å². The molecule has 1 amide bonds. The fourth-order valence-corrected chi connectivity index (χ4v) is 4.20. The van der Waals surface area contributed by atoms with Crippen LogP contribution < -0.4 is 16.4 Å². The Hall–Kier alpha value is -2.98. The molecule has 0 saturated heterocycles. The molecule has 0 fully saturated rings.